The van der Waals surface area contributed by atoms with E-state index in [1.54, 1.807) is 10.9 Å². The molecule has 0 radical (unpaired) electrons. The fraction of sp³-hybridized carbons (Fsp3) is 0.357. The van der Waals surface area contributed by atoms with Crippen LogP contribution < -0.4 is 10.9 Å². The van der Waals surface area contributed by atoms with Crippen LogP contribution in [0.4, 0.5) is 5.95 Å². The van der Waals surface area contributed by atoms with Crippen LogP contribution in [0.25, 0.3) is 11.0 Å². The average Bonchev–Trinajstić information content (AvgIpc) is 3.02. The van der Waals surface area contributed by atoms with Crippen molar-refractivity contribution < 1.29 is 0 Å². The predicted octanol–water partition coefficient (Wildman–Crippen LogP) is 3.20. The van der Waals surface area contributed by atoms with E-state index in [0.717, 1.165) is 5.56 Å². The summed E-state index contributed by atoms with van der Waals surface area (Å²) in [4.78, 5) is 19.4. The van der Waals surface area contributed by atoms with Crippen LogP contribution in [0.2, 0.25) is 5.02 Å². The molecule has 0 atom stereocenters. The van der Waals surface area contributed by atoms with Gasteiger partial charge in [0.15, 0.2) is 5.65 Å². The molecule has 3 aromatic rings. The fourth-order valence-corrected chi connectivity index (χ4v) is 3.16. The van der Waals surface area contributed by atoms with Crippen LogP contribution in [0.3, 0.4) is 0 Å². The first-order chi connectivity index (χ1) is 10.4. The molecule has 2 N–H and O–H groups in total. The van der Waals surface area contributed by atoms with Crippen LogP contribution in [0.15, 0.2) is 21.8 Å². The molecule has 0 amide bonds. The molecule has 0 aliphatic heterocycles. The lowest BCUT2D eigenvalue weighted by molar-refractivity contribution is 0.366. The summed E-state index contributed by atoms with van der Waals surface area (Å²) in [6.07, 6.45) is 1.55. The Kier molecular flexibility index (Phi) is 3.70. The zero-order valence-electron chi connectivity index (χ0n) is 12.5. The van der Waals surface area contributed by atoms with Gasteiger partial charge < -0.3 is 5.32 Å². The van der Waals surface area contributed by atoms with E-state index in [2.05, 4.69) is 20.4 Å². The van der Waals surface area contributed by atoms with Gasteiger partial charge in [0.2, 0.25) is 5.95 Å². The van der Waals surface area contributed by atoms with Crippen molar-refractivity contribution in [1.29, 1.82) is 0 Å². The van der Waals surface area contributed by atoms with E-state index in [0.29, 0.717) is 28.5 Å². The third-order valence-electron chi connectivity index (χ3n) is 3.21. The Morgan fingerprint density at radius 1 is 1.41 bits per heavy atom. The van der Waals surface area contributed by atoms with Gasteiger partial charge in [-0.3, -0.25) is 9.78 Å². The van der Waals surface area contributed by atoms with Gasteiger partial charge in [-0.2, -0.15) is 21.4 Å². The largest absolute Gasteiger partial charge is 0.352 e. The molecule has 116 valence electrons. The molecule has 0 fully saturated rings. The summed E-state index contributed by atoms with van der Waals surface area (Å²) < 4.78 is 1.75. The number of H-pyrrole nitrogens is 1. The van der Waals surface area contributed by atoms with E-state index in [4.69, 9.17) is 11.6 Å². The number of thiophene rings is 1. The third kappa shape index (κ3) is 2.74. The van der Waals surface area contributed by atoms with Crippen LogP contribution in [0.5, 0.6) is 0 Å². The lowest BCUT2D eigenvalue weighted by Crippen LogP contribution is -2.24. The second-order valence-corrected chi connectivity index (χ2v) is 7.13. The summed E-state index contributed by atoms with van der Waals surface area (Å²) in [7, 11) is 0. The number of rotatable bonds is 3. The molecule has 0 spiro atoms. The van der Waals surface area contributed by atoms with E-state index in [1.807, 2.05) is 31.5 Å². The van der Waals surface area contributed by atoms with Crippen LogP contribution in [-0.4, -0.2) is 19.7 Å². The van der Waals surface area contributed by atoms with Crippen molar-refractivity contribution in [1.82, 2.24) is 19.7 Å². The van der Waals surface area contributed by atoms with Gasteiger partial charge in [-0.05, 0) is 26.2 Å². The first-order valence-electron chi connectivity index (χ1n) is 6.79. The number of nitrogens with zero attached hydrogens (tertiary/aromatic N) is 3. The first-order valence-corrected chi connectivity index (χ1v) is 8.11. The summed E-state index contributed by atoms with van der Waals surface area (Å²) in [5, 5.41) is 12.4. The van der Waals surface area contributed by atoms with Gasteiger partial charge in [0.25, 0.3) is 5.56 Å². The van der Waals surface area contributed by atoms with Crippen LogP contribution in [0.1, 0.15) is 26.3 Å². The number of nitrogens with one attached hydrogen (secondary N) is 2. The second-order valence-electron chi connectivity index (χ2n) is 5.98. The molecule has 0 aromatic carbocycles. The third-order valence-corrected chi connectivity index (χ3v) is 4.48. The van der Waals surface area contributed by atoms with E-state index in [1.165, 1.54) is 11.3 Å². The molecule has 3 rings (SSSR count). The first kappa shape index (κ1) is 15.1. The molecule has 0 bridgehead atoms. The van der Waals surface area contributed by atoms with Crippen molar-refractivity contribution in [3.63, 3.8) is 0 Å². The Morgan fingerprint density at radius 2 is 2.18 bits per heavy atom. The van der Waals surface area contributed by atoms with Crippen LogP contribution in [0, 0.1) is 0 Å². The number of hydrogen-bond donors (Lipinski definition) is 2. The highest BCUT2D eigenvalue weighted by Gasteiger charge is 2.19. The minimum absolute atomic E-state index is 0.209. The zero-order chi connectivity index (χ0) is 15.9. The Hall–Kier alpha value is -1.86. The Labute approximate surface area is 136 Å². The van der Waals surface area contributed by atoms with Crippen molar-refractivity contribution in [2.24, 2.45) is 0 Å². The Balaban J connectivity index is 1.97. The monoisotopic (exact) mass is 337 g/mol. The van der Waals surface area contributed by atoms with Gasteiger partial charge in [0.1, 0.15) is 5.39 Å². The van der Waals surface area contributed by atoms with E-state index < -0.39 is 0 Å². The lowest BCUT2D eigenvalue weighted by Gasteiger charge is -2.19. The van der Waals surface area contributed by atoms with Crippen molar-refractivity contribution in [3.05, 3.63) is 37.9 Å². The number of hydrogen-bond acceptors (Lipinski definition) is 5. The normalized spacial score (nSPS) is 12.0. The molecular weight excluding hydrogens is 322 g/mol. The zero-order valence-corrected chi connectivity index (χ0v) is 14.0. The highest BCUT2D eigenvalue weighted by Crippen LogP contribution is 2.22. The maximum Gasteiger partial charge on any atom is 0.263 e. The SMILES string of the molecule is CC(C)(C)n1ncc2c(=O)[nH]c(NCc3cscc3Cl)nc21. The molecule has 6 nitrogen and oxygen atoms in total. The van der Waals surface area contributed by atoms with Gasteiger partial charge in [0.05, 0.1) is 16.8 Å². The molecule has 0 aliphatic rings. The molecule has 0 saturated carbocycles. The molecular formula is C14H16ClN5OS. The van der Waals surface area contributed by atoms with Crippen LogP contribution in [-0.2, 0) is 12.1 Å². The van der Waals surface area contributed by atoms with Gasteiger partial charge in [0, 0.05) is 17.5 Å². The number of aromatic nitrogens is 4. The minimum atomic E-state index is -0.253. The van der Waals surface area contributed by atoms with Crippen molar-refractivity contribution in [3.8, 4) is 0 Å². The molecule has 3 aromatic heterocycles. The summed E-state index contributed by atoms with van der Waals surface area (Å²) in [6.45, 7) is 6.54. The van der Waals surface area contributed by atoms with Crippen molar-refractivity contribution in [2.45, 2.75) is 32.9 Å². The molecule has 0 aliphatic carbocycles. The predicted molar refractivity (Wildman–Crippen MR) is 89.8 cm³/mol. The van der Waals surface area contributed by atoms with Gasteiger partial charge >= 0.3 is 0 Å². The summed E-state index contributed by atoms with van der Waals surface area (Å²) in [5.74, 6) is 0.408. The molecule has 22 heavy (non-hydrogen) atoms. The summed E-state index contributed by atoms with van der Waals surface area (Å²) >= 11 is 7.60. The van der Waals surface area contributed by atoms with Gasteiger partial charge in [-0.25, -0.2) is 4.68 Å². The Morgan fingerprint density at radius 3 is 2.82 bits per heavy atom. The van der Waals surface area contributed by atoms with Crippen molar-refractivity contribution >= 4 is 39.9 Å². The van der Waals surface area contributed by atoms with E-state index in [-0.39, 0.29) is 11.1 Å². The number of anilines is 1. The molecule has 3 heterocycles. The second kappa shape index (κ2) is 5.40. The lowest BCUT2D eigenvalue weighted by atomic mass is 10.1. The number of halogens is 1. The highest BCUT2D eigenvalue weighted by atomic mass is 35.5. The van der Waals surface area contributed by atoms with E-state index >= 15 is 0 Å². The standard InChI is InChI=1S/C14H16ClN5OS/c1-14(2,3)20-11-9(5-17-20)12(21)19-13(18-11)16-4-8-6-22-7-10(8)15/h5-7H,4H2,1-3H3,(H2,16,18,19,21). The van der Waals surface area contributed by atoms with Crippen molar-refractivity contribution in [2.75, 3.05) is 5.32 Å². The topological polar surface area (TPSA) is 75.6 Å². The summed E-state index contributed by atoms with van der Waals surface area (Å²) in [6, 6.07) is 0. The molecule has 0 unspecified atom stereocenters. The number of aromatic amines is 1. The smallest absolute Gasteiger partial charge is 0.263 e. The highest BCUT2D eigenvalue weighted by molar-refractivity contribution is 7.08. The minimum Gasteiger partial charge on any atom is -0.352 e. The van der Waals surface area contributed by atoms with Crippen LogP contribution >= 0.6 is 22.9 Å². The average molecular weight is 338 g/mol. The van der Waals surface area contributed by atoms with Gasteiger partial charge in [-0.1, -0.05) is 11.6 Å². The van der Waals surface area contributed by atoms with E-state index in [9.17, 15) is 4.79 Å². The quantitative estimate of drug-likeness (QED) is 0.769. The summed E-state index contributed by atoms with van der Waals surface area (Å²) in [5.41, 5.74) is 1.07. The number of fused-ring (bicyclic) bond motifs is 1. The van der Waals surface area contributed by atoms with Gasteiger partial charge in [-0.15, -0.1) is 0 Å². The molecule has 0 saturated heterocycles. The fourth-order valence-electron chi connectivity index (χ4n) is 2.11. The molecule has 8 heteroatoms. The maximum atomic E-state index is 12.2. The Bertz CT molecular complexity index is 873. The maximum absolute atomic E-state index is 12.2.